The molecule has 6 nitrogen and oxygen atoms in total. The van der Waals surface area contributed by atoms with Gasteiger partial charge in [-0.25, -0.2) is 4.99 Å². The number of aliphatic imine (C=N–C) groups is 1. The Kier molecular flexibility index (Phi) is 10.2. The predicted molar refractivity (Wildman–Crippen MR) is 139 cm³/mol. The van der Waals surface area contributed by atoms with Gasteiger partial charge in [-0.2, -0.15) is 0 Å². The first kappa shape index (κ1) is 25.1. The van der Waals surface area contributed by atoms with Crippen molar-refractivity contribution in [1.29, 1.82) is 0 Å². The molecule has 0 amide bonds. The van der Waals surface area contributed by atoms with E-state index in [9.17, 15) is 0 Å². The van der Waals surface area contributed by atoms with Crippen molar-refractivity contribution < 1.29 is 9.47 Å². The highest BCUT2D eigenvalue weighted by Crippen LogP contribution is 2.30. The standard InChI is InChI=1S/C24H34N4O2.HI/c1-5-25-24(26-17-19-8-6-18(2)7-9-19)27-20-10-12-28(13-11-20)21-14-22(29-3)16-23(15-21)30-4;/h6-9,14-16,20H,5,10-13,17H2,1-4H3,(H2,25,26,27);1H. The zero-order chi connectivity index (χ0) is 21.3. The van der Waals surface area contributed by atoms with Gasteiger partial charge in [-0.3, -0.25) is 0 Å². The number of ether oxygens (including phenoxy) is 2. The van der Waals surface area contributed by atoms with E-state index in [-0.39, 0.29) is 24.0 Å². The monoisotopic (exact) mass is 538 g/mol. The number of methoxy groups -OCH3 is 2. The van der Waals surface area contributed by atoms with Crippen molar-refractivity contribution in [2.75, 3.05) is 38.8 Å². The average molecular weight is 538 g/mol. The third-order valence-electron chi connectivity index (χ3n) is 5.42. The van der Waals surface area contributed by atoms with Crippen LogP contribution in [0.15, 0.2) is 47.5 Å². The summed E-state index contributed by atoms with van der Waals surface area (Å²) in [5.41, 5.74) is 3.64. The molecule has 0 atom stereocenters. The second kappa shape index (κ2) is 12.6. The maximum absolute atomic E-state index is 5.42. The van der Waals surface area contributed by atoms with E-state index in [1.165, 1.54) is 11.1 Å². The quantitative estimate of drug-likeness (QED) is 0.312. The van der Waals surface area contributed by atoms with E-state index in [1.54, 1.807) is 14.2 Å². The van der Waals surface area contributed by atoms with Crippen molar-refractivity contribution in [3.8, 4) is 11.5 Å². The minimum Gasteiger partial charge on any atom is -0.497 e. The molecule has 1 aliphatic rings. The van der Waals surface area contributed by atoms with Crippen LogP contribution in [-0.2, 0) is 6.54 Å². The Morgan fingerprint density at radius 2 is 1.65 bits per heavy atom. The van der Waals surface area contributed by atoms with Crippen molar-refractivity contribution in [3.05, 3.63) is 53.6 Å². The molecule has 2 aromatic rings. The molecular formula is C24H35IN4O2. The van der Waals surface area contributed by atoms with Gasteiger partial charge < -0.3 is 25.0 Å². The molecule has 0 aliphatic carbocycles. The van der Waals surface area contributed by atoms with Gasteiger partial charge in [0.05, 0.1) is 20.8 Å². The Labute approximate surface area is 203 Å². The number of guanidine groups is 1. The Balaban J connectivity index is 0.00000341. The Morgan fingerprint density at radius 1 is 1.03 bits per heavy atom. The van der Waals surface area contributed by atoms with Crippen LogP contribution in [0, 0.1) is 6.92 Å². The highest BCUT2D eigenvalue weighted by atomic mass is 127. The third-order valence-corrected chi connectivity index (χ3v) is 5.42. The van der Waals surface area contributed by atoms with E-state index in [0.717, 1.165) is 55.6 Å². The smallest absolute Gasteiger partial charge is 0.191 e. The third kappa shape index (κ3) is 7.48. The van der Waals surface area contributed by atoms with Gasteiger partial charge in [0.25, 0.3) is 0 Å². The van der Waals surface area contributed by atoms with Crippen molar-refractivity contribution >= 4 is 35.6 Å². The van der Waals surface area contributed by atoms with Crippen LogP contribution < -0.4 is 25.0 Å². The van der Waals surface area contributed by atoms with E-state index >= 15 is 0 Å². The number of aryl methyl sites for hydroxylation is 1. The molecule has 0 saturated carbocycles. The van der Waals surface area contributed by atoms with Crippen LogP contribution in [0.4, 0.5) is 5.69 Å². The molecule has 0 spiro atoms. The van der Waals surface area contributed by atoms with Gasteiger partial charge in [-0.05, 0) is 32.3 Å². The van der Waals surface area contributed by atoms with Crippen LogP contribution in [0.2, 0.25) is 0 Å². The molecule has 2 aromatic carbocycles. The minimum atomic E-state index is 0. The molecule has 1 saturated heterocycles. The molecule has 2 N–H and O–H groups in total. The lowest BCUT2D eigenvalue weighted by Crippen LogP contribution is -2.48. The molecular weight excluding hydrogens is 503 g/mol. The van der Waals surface area contributed by atoms with Gasteiger partial charge in [-0.1, -0.05) is 29.8 Å². The molecule has 170 valence electrons. The number of nitrogens with zero attached hydrogens (tertiary/aromatic N) is 2. The molecule has 1 fully saturated rings. The number of anilines is 1. The highest BCUT2D eigenvalue weighted by molar-refractivity contribution is 14.0. The lowest BCUT2D eigenvalue weighted by atomic mass is 10.0. The normalized spacial score (nSPS) is 14.6. The Hall–Kier alpha value is -2.16. The molecule has 0 radical (unpaired) electrons. The first-order chi connectivity index (χ1) is 14.6. The van der Waals surface area contributed by atoms with Gasteiger partial charge in [0.1, 0.15) is 11.5 Å². The van der Waals surface area contributed by atoms with Crippen LogP contribution in [0.1, 0.15) is 30.9 Å². The van der Waals surface area contributed by atoms with Gasteiger partial charge in [0.15, 0.2) is 5.96 Å². The van der Waals surface area contributed by atoms with Crippen molar-refractivity contribution in [2.45, 2.75) is 39.3 Å². The average Bonchev–Trinajstić information content (AvgIpc) is 2.78. The van der Waals surface area contributed by atoms with Gasteiger partial charge in [0.2, 0.25) is 0 Å². The van der Waals surface area contributed by atoms with Crippen LogP contribution in [0.25, 0.3) is 0 Å². The summed E-state index contributed by atoms with van der Waals surface area (Å²) in [4.78, 5) is 7.17. The number of benzene rings is 2. The minimum absolute atomic E-state index is 0. The second-order valence-electron chi connectivity index (χ2n) is 7.66. The first-order valence-corrected chi connectivity index (χ1v) is 10.7. The second-order valence-corrected chi connectivity index (χ2v) is 7.66. The van der Waals surface area contributed by atoms with Gasteiger partial charge in [0, 0.05) is 49.6 Å². The van der Waals surface area contributed by atoms with E-state index in [1.807, 2.05) is 6.07 Å². The summed E-state index contributed by atoms with van der Waals surface area (Å²) in [5, 5.41) is 7.00. The fourth-order valence-electron chi connectivity index (χ4n) is 3.63. The molecule has 0 bridgehead atoms. The number of nitrogens with one attached hydrogen (secondary N) is 2. The summed E-state index contributed by atoms with van der Waals surface area (Å²) in [7, 11) is 3.37. The van der Waals surface area contributed by atoms with Gasteiger partial charge >= 0.3 is 0 Å². The number of hydrogen-bond acceptors (Lipinski definition) is 4. The summed E-state index contributed by atoms with van der Waals surface area (Å²) in [6.07, 6.45) is 2.10. The molecule has 0 unspecified atom stereocenters. The summed E-state index contributed by atoms with van der Waals surface area (Å²) in [6, 6.07) is 15.0. The highest BCUT2D eigenvalue weighted by Gasteiger charge is 2.21. The lowest BCUT2D eigenvalue weighted by molar-refractivity contribution is 0.393. The van der Waals surface area contributed by atoms with E-state index in [2.05, 4.69) is 65.8 Å². The molecule has 3 rings (SSSR count). The Bertz CT molecular complexity index is 812. The summed E-state index contributed by atoms with van der Waals surface area (Å²) >= 11 is 0. The first-order valence-electron chi connectivity index (χ1n) is 10.7. The summed E-state index contributed by atoms with van der Waals surface area (Å²) < 4.78 is 10.8. The predicted octanol–water partition coefficient (Wildman–Crippen LogP) is 4.35. The zero-order valence-corrected chi connectivity index (χ0v) is 21.3. The van der Waals surface area contributed by atoms with Crippen LogP contribution in [0.5, 0.6) is 11.5 Å². The molecule has 1 aliphatic heterocycles. The van der Waals surface area contributed by atoms with E-state index in [4.69, 9.17) is 14.5 Å². The van der Waals surface area contributed by atoms with Crippen LogP contribution >= 0.6 is 24.0 Å². The summed E-state index contributed by atoms with van der Waals surface area (Å²) in [6.45, 7) is 7.69. The fourth-order valence-corrected chi connectivity index (χ4v) is 3.63. The summed E-state index contributed by atoms with van der Waals surface area (Å²) in [5.74, 6) is 2.53. The molecule has 31 heavy (non-hydrogen) atoms. The number of rotatable bonds is 7. The largest absolute Gasteiger partial charge is 0.497 e. The van der Waals surface area contributed by atoms with E-state index in [0.29, 0.717) is 12.6 Å². The number of piperidine rings is 1. The van der Waals surface area contributed by atoms with E-state index < -0.39 is 0 Å². The van der Waals surface area contributed by atoms with Crippen LogP contribution in [0.3, 0.4) is 0 Å². The van der Waals surface area contributed by atoms with Crippen molar-refractivity contribution in [1.82, 2.24) is 10.6 Å². The fraction of sp³-hybridized carbons (Fsp3) is 0.458. The maximum Gasteiger partial charge on any atom is 0.191 e. The van der Waals surface area contributed by atoms with Gasteiger partial charge in [-0.15, -0.1) is 24.0 Å². The number of hydrogen-bond donors (Lipinski definition) is 2. The van der Waals surface area contributed by atoms with Crippen molar-refractivity contribution in [2.24, 2.45) is 4.99 Å². The SMILES string of the molecule is CCNC(=NCc1ccc(C)cc1)NC1CCN(c2cc(OC)cc(OC)c2)CC1.I. The molecule has 7 heteroatoms. The maximum atomic E-state index is 5.42. The molecule has 1 heterocycles. The zero-order valence-electron chi connectivity index (χ0n) is 19.0. The lowest BCUT2D eigenvalue weighted by Gasteiger charge is -2.34. The number of halogens is 1. The van der Waals surface area contributed by atoms with Crippen molar-refractivity contribution in [3.63, 3.8) is 0 Å². The molecule has 0 aromatic heterocycles. The van der Waals surface area contributed by atoms with Crippen LogP contribution in [-0.4, -0.2) is 45.9 Å². The Morgan fingerprint density at radius 3 is 2.19 bits per heavy atom. The topological polar surface area (TPSA) is 58.1 Å².